The van der Waals surface area contributed by atoms with Crippen molar-refractivity contribution < 1.29 is 9.53 Å². The monoisotopic (exact) mass is 256 g/mol. The number of carbonyl (C=O) groups excluding carboxylic acids is 1. The lowest BCUT2D eigenvalue weighted by molar-refractivity contribution is -0.117. The molecule has 0 fully saturated rings. The Balaban J connectivity index is 2.62. The van der Waals surface area contributed by atoms with Crippen molar-refractivity contribution in [3.8, 4) is 0 Å². The number of rotatable bonds is 5. The zero-order valence-corrected chi connectivity index (χ0v) is 10.8. The first-order valence-electron chi connectivity index (χ1n) is 5.37. The van der Waals surface area contributed by atoms with E-state index >= 15 is 0 Å². The van der Waals surface area contributed by atoms with E-state index in [0.29, 0.717) is 29.4 Å². The van der Waals surface area contributed by atoms with Gasteiger partial charge in [0.1, 0.15) is 0 Å². The maximum atomic E-state index is 11.7. The van der Waals surface area contributed by atoms with Crippen LogP contribution >= 0.6 is 11.6 Å². The average molecular weight is 257 g/mol. The topological polar surface area (TPSA) is 64.3 Å². The second-order valence-electron chi connectivity index (χ2n) is 4.02. The van der Waals surface area contributed by atoms with E-state index in [1.54, 1.807) is 25.3 Å². The van der Waals surface area contributed by atoms with Gasteiger partial charge < -0.3 is 15.8 Å². The van der Waals surface area contributed by atoms with E-state index in [-0.39, 0.29) is 11.8 Å². The van der Waals surface area contributed by atoms with Crippen LogP contribution in [0.5, 0.6) is 0 Å². The van der Waals surface area contributed by atoms with Crippen LogP contribution in [-0.2, 0) is 9.53 Å². The number of para-hydroxylation sites is 1. The molecule has 0 saturated heterocycles. The molecule has 0 radical (unpaired) electrons. The number of nitrogens with one attached hydrogen (secondary N) is 1. The number of hydrogen-bond donors (Lipinski definition) is 2. The Bertz CT molecular complexity index is 376. The van der Waals surface area contributed by atoms with Crippen LogP contribution in [0.3, 0.4) is 0 Å². The SMILES string of the molecule is COCC(C)CC(=O)Nc1c(N)cccc1Cl. The molecular formula is C12H17ClN2O2. The Labute approximate surface area is 106 Å². The minimum absolute atomic E-state index is 0.116. The molecule has 0 aliphatic carbocycles. The summed E-state index contributed by atoms with van der Waals surface area (Å²) in [6, 6.07) is 5.12. The van der Waals surface area contributed by atoms with Gasteiger partial charge in [-0.05, 0) is 18.1 Å². The van der Waals surface area contributed by atoms with Crippen LogP contribution in [0.15, 0.2) is 18.2 Å². The lowest BCUT2D eigenvalue weighted by Gasteiger charge is -2.12. The highest BCUT2D eigenvalue weighted by Crippen LogP contribution is 2.28. The molecule has 17 heavy (non-hydrogen) atoms. The van der Waals surface area contributed by atoms with E-state index in [1.165, 1.54) is 0 Å². The van der Waals surface area contributed by atoms with Gasteiger partial charge >= 0.3 is 0 Å². The van der Waals surface area contributed by atoms with Gasteiger partial charge in [-0.1, -0.05) is 24.6 Å². The number of nitrogen functional groups attached to an aromatic ring is 1. The molecule has 0 spiro atoms. The zero-order chi connectivity index (χ0) is 12.8. The van der Waals surface area contributed by atoms with Gasteiger partial charge in [-0.3, -0.25) is 4.79 Å². The number of ether oxygens (including phenoxy) is 1. The molecule has 94 valence electrons. The Morgan fingerprint density at radius 1 is 1.59 bits per heavy atom. The van der Waals surface area contributed by atoms with Crippen LogP contribution in [0, 0.1) is 5.92 Å². The van der Waals surface area contributed by atoms with E-state index in [0.717, 1.165) is 0 Å². The number of hydrogen-bond acceptors (Lipinski definition) is 3. The molecule has 0 bridgehead atoms. The fourth-order valence-corrected chi connectivity index (χ4v) is 1.75. The standard InChI is InChI=1S/C12H17ClN2O2/c1-8(7-17-2)6-11(16)15-12-9(13)4-3-5-10(12)14/h3-5,8H,6-7,14H2,1-2H3,(H,15,16). The van der Waals surface area contributed by atoms with Gasteiger partial charge in [-0.25, -0.2) is 0 Å². The Kier molecular flexibility index (Phi) is 5.25. The zero-order valence-electron chi connectivity index (χ0n) is 10.00. The molecule has 1 amide bonds. The average Bonchev–Trinajstić information content (AvgIpc) is 2.24. The second kappa shape index (κ2) is 6.47. The molecular weight excluding hydrogens is 240 g/mol. The van der Waals surface area contributed by atoms with Gasteiger partial charge in [-0.15, -0.1) is 0 Å². The number of carbonyl (C=O) groups is 1. The number of methoxy groups -OCH3 is 1. The molecule has 0 saturated carbocycles. The Hall–Kier alpha value is -1.26. The highest BCUT2D eigenvalue weighted by molar-refractivity contribution is 6.34. The second-order valence-corrected chi connectivity index (χ2v) is 4.42. The normalized spacial score (nSPS) is 12.2. The number of amides is 1. The summed E-state index contributed by atoms with van der Waals surface area (Å²) < 4.78 is 4.97. The van der Waals surface area contributed by atoms with Crippen LogP contribution in [0.2, 0.25) is 5.02 Å². The van der Waals surface area contributed by atoms with Gasteiger partial charge in [0.15, 0.2) is 0 Å². The highest BCUT2D eigenvalue weighted by Gasteiger charge is 2.12. The number of anilines is 2. The first kappa shape index (κ1) is 13.8. The lowest BCUT2D eigenvalue weighted by Crippen LogP contribution is -2.18. The molecule has 0 aromatic heterocycles. The van der Waals surface area contributed by atoms with Crippen molar-refractivity contribution in [2.24, 2.45) is 5.92 Å². The fraction of sp³-hybridized carbons (Fsp3) is 0.417. The smallest absolute Gasteiger partial charge is 0.224 e. The van der Waals surface area contributed by atoms with E-state index < -0.39 is 0 Å². The molecule has 1 atom stereocenters. The molecule has 0 aliphatic heterocycles. The summed E-state index contributed by atoms with van der Waals surface area (Å²) in [4.78, 5) is 11.7. The molecule has 1 rings (SSSR count). The third-order valence-corrected chi connectivity index (χ3v) is 2.61. The van der Waals surface area contributed by atoms with E-state index in [9.17, 15) is 4.79 Å². The van der Waals surface area contributed by atoms with Crippen LogP contribution in [0.25, 0.3) is 0 Å². The van der Waals surface area contributed by atoms with Gasteiger partial charge in [0.05, 0.1) is 16.4 Å². The molecule has 1 aromatic rings. The van der Waals surface area contributed by atoms with Crippen molar-refractivity contribution in [1.29, 1.82) is 0 Å². The van der Waals surface area contributed by atoms with E-state index in [2.05, 4.69) is 5.32 Å². The fourth-order valence-electron chi connectivity index (χ4n) is 1.52. The van der Waals surface area contributed by atoms with Crippen LogP contribution in [-0.4, -0.2) is 19.6 Å². The summed E-state index contributed by atoms with van der Waals surface area (Å²) in [5, 5.41) is 3.16. The number of halogens is 1. The largest absolute Gasteiger partial charge is 0.397 e. The van der Waals surface area contributed by atoms with Crippen molar-refractivity contribution in [1.82, 2.24) is 0 Å². The minimum Gasteiger partial charge on any atom is -0.397 e. The van der Waals surface area contributed by atoms with E-state index in [1.807, 2.05) is 6.92 Å². The van der Waals surface area contributed by atoms with Crippen molar-refractivity contribution in [2.45, 2.75) is 13.3 Å². The quantitative estimate of drug-likeness (QED) is 0.796. The summed E-state index contributed by atoms with van der Waals surface area (Å²) in [7, 11) is 1.61. The van der Waals surface area contributed by atoms with Crippen molar-refractivity contribution in [3.05, 3.63) is 23.2 Å². The number of benzene rings is 1. The number of nitrogens with two attached hydrogens (primary N) is 1. The Morgan fingerprint density at radius 3 is 2.88 bits per heavy atom. The van der Waals surface area contributed by atoms with Crippen molar-refractivity contribution >= 4 is 28.9 Å². The van der Waals surface area contributed by atoms with Crippen molar-refractivity contribution in [2.75, 3.05) is 24.8 Å². The van der Waals surface area contributed by atoms with Gasteiger partial charge in [0.25, 0.3) is 0 Å². The van der Waals surface area contributed by atoms with E-state index in [4.69, 9.17) is 22.1 Å². The first-order valence-corrected chi connectivity index (χ1v) is 5.75. The first-order chi connectivity index (χ1) is 8.04. The van der Waals surface area contributed by atoms with Crippen LogP contribution in [0.4, 0.5) is 11.4 Å². The Morgan fingerprint density at radius 2 is 2.29 bits per heavy atom. The maximum Gasteiger partial charge on any atom is 0.224 e. The summed E-state index contributed by atoms with van der Waals surface area (Å²) in [5.74, 6) is 0.0399. The van der Waals surface area contributed by atoms with Gasteiger partial charge in [0.2, 0.25) is 5.91 Å². The predicted molar refractivity (Wildman–Crippen MR) is 70.2 cm³/mol. The molecule has 1 unspecified atom stereocenters. The molecule has 1 aromatic carbocycles. The minimum atomic E-state index is -0.116. The summed E-state index contributed by atoms with van der Waals surface area (Å²) >= 11 is 5.95. The maximum absolute atomic E-state index is 11.7. The van der Waals surface area contributed by atoms with Crippen LogP contribution < -0.4 is 11.1 Å². The highest BCUT2D eigenvalue weighted by atomic mass is 35.5. The third-order valence-electron chi connectivity index (χ3n) is 2.30. The molecule has 3 N–H and O–H groups in total. The summed E-state index contributed by atoms with van der Waals surface area (Å²) in [6.07, 6.45) is 0.374. The molecule has 5 heteroatoms. The third kappa shape index (κ3) is 4.24. The lowest BCUT2D eigenvalue weighted by atomic mass is 10.1. The molecule has 4 nitrogen and oxygen atoms in total. The molecule has 0 aliphatic rings. The molecule has 0 heterocycles. The summed E-state index contributed by atoms with van der Waals surface area (Å²) in [6.45, 7) is 2.49. The van der Waals surface area contributed by atoms with Gasteiger partial charge in [0, 0.05) is 20.1 Å². The summed E-state index contributed by atoms with van der Waals surface area (Å²) in [5.41, 5.74) is 6.67. The van der Waals surface area contributed by atoms with Crippen LogP contribution in [0.1, 0.15) is 13.3 Å². The van der Waals surface area contributed by atoms with Gasteiger partial charge in [-0.2, -0.15) is 0 Å². The van der Waals surface area contributed by atoms with Crippen molar-refractivity contribution in [3.63, 3.8) is 0 Å². The predicted octanol–water partition coefficient (Wildman–Crippen LogP) is 2.53.